The minimum atomic E-state index is 0.159. The van der Waals surface area contributed by atoms with Crippen LogP contribution in [0.3, 0.4) is 0 Å². The number of hydrogen-bond donors (Lipinski definition) is 2. The van der Waals surface area contributed by atoms with Crippen LogP contribution >= 0.6 is 23.4 Å². The molecular formula is C17H26ClN3OS+2. The summed E-state index contributed by atoms with van der Waals surface area (Å²) in [5, 5.41) is 0.905. The summed E-state index contributed by atoms with van der Waals surface area (Å²) in [7, 11) is 2.27. The second-order valence-corrected chi connectivity index (χ2v) is 8.12. The number of amides is 1. The highest BCUT2D eigenvalue weighted by atomic mass is 35.5. The van der Waals surface area contributed by atoms with Gasteiger partial charge in [-0.3, -0.25) is 4.79 Å². The van der Waals surface area contributed by atoms with Crippen molar-refractivity contribution in [3.05, 3.63) is 34.9 Å². The molecule has 0 bridgehead atoms. The van der Waals surface area contributed by atoms with Crippen LogP contribution < -0.4 is 9.80 Å². The summed E-state index contributed by atoms with van der Waals surface area (Å²) < 4.78 is 0. The smallest absolute Gasteiger partial charge is 0.233 e. The summed E-state index contributed by atoms with van der Waals surface area (Å²) in [5.41, 5.74) is 1.18. The number of likely N-dealkylation sites (N-methyl/N-ethyl adjacent to an activating group) is 1. The molecule has 0 aromatic heterocycles. The van der Waals surface area contributed by atoms with Crippen LogP contribution in [0.15, 0.2) is 24.3 Å². The van der Waals surface area contributed by atoms with E-state index in [-0.39, 0.29) is 11.3 Å². The van der Waals surface area contributed by atoms with E-state index in [0.29, 0.717) is 5.75 Å². The number of quaternary nitrogens is 2. The third-order valence-electron chi connectivity index (χ3n) is 4.86. The van der Waals surface area contributed by atoms with Crippen LogP contribution in [0.2, 0.25) is 5.02 Å². The fourth-order valence-electron chi connectivity index (χ4n) is 3.38. The highest BCUT2D eigenvalue weighted by Crippen LogP contribution is 2.38. The van der Waals surface area contributed by atoms with Gasteiger partial charge in [0.25, 0.3) is 0 Å². The van der Waals surface area contributed by atoms with Gasteiger partial charge in [0.05, 0.1) is 19.3 Å². The fraction of sp³-hybridized carbons (Fsp3) is 0.588. The molecule has 2 heterocycles. The van der Waals surface area contributed by atoms with Crippen molar-refractivity contribution in [2.45, 2.75) is 11.8 Å². The Hall–Kier alpha value is -0.750. The molecule has 0 spiro atoms. The van der Waals surface area contributed by atoms with E-state index in [1.807, 2.05) is 24.3 Å². The molecule has 2 N–H and O–H groups in total. The molecule has 1 aromatic rings. The Bertz CT molecular complexity index is 531. The molecule has 1 unspecified atom stereocenters. The zero-order chi connectivity index (χ0) is 16.2. The van der Waals surface area contributed by atoms with Crippen molar-refractivity contribution in [1.29, 1.82) is 0 Å². The molecule has 0 saturated carbocycles. The fourth-order valence-corrected chi connectivity index (χ4v) is 4.72. The summed E-state index contributed by atoms with van der Waals surface area (Å²) in [5.74, 6) is 0.866. The van der Waals surface area contributed by atoms with Gasteiger partial charge in [0.15, 0.2) is 0 Å². The number of piperazine rings is 1. The van der Waals surface area contributed by atoms with Crippen molar-refractivity contribution in [1.82, 2.24) is 4.90 Å². The van der Waals surface area contributed by atoms with Crippen LogP contribution in [0, 0.1) is 0 Å². The molecule has 2 aliphatic heterocycles. The van der Waals surface area contributed by atoms with Gasteiger partial charge in [0.2, 0.25) is 5.91 Å². The number of thioether (sulfide) groups is 1. The maximum atomic E-state index is 12.2. The van der Waals surface area contributed by atoms with Crippen LogP contribution in [0.25, 0.3) is 0 Å². The maximum Gasteiger partial charge on any atom is 0.233 e. The summed E-state index contributed by atoms with van der Waals surface area (Å²) in [6, 6.07) is 7.91. The van der Waals surface area contributed by atoms with Crippen LogP contribution in [0.4, 0.5) is 0 Å². The van der Waals surface area contributed by atoms with Crippen LogP contribution in [0.5, 0.6) is 0 Å². The van der Waals surface area contributed by atoms with E-state index in [0.717, 1.165) is 18.0 Å². The molecule has 1 atom stereocenters. The molecule has 1 aromatic carbocycles. The van der Waals surface area contributed by atoms with Gasteiger partial charge < -0.3 is 14.7 Å². The summed E-state index contributed by atoms with van der Waals surface area (Å²) >= 11 is 7.70. The third kappa shape index (κ3) is 4.41. The van der Waals surface area contributed by atoms with Crippen molar-refractivity contribution < 1.29 is 14.6 Å². The largest absolute Gasteiger partial charge is 0.328 e. The van der Waals surface area contributed by atoms with E-state index in [2.05, 4.69) is 11.9 Å². The van der Waals surface area contributed by atoms with Crippen molar-refractivity contribution in [2.75, 3.05) is 52.1 Å². The molecule has 2 saturated heterocycles. The van der Waals surface area contributed by atoms with E-state index in [1.165, 1.54) is 38.3 Å². The number of halogens is 1. The van der Waals surface area contributed by atoms with Gasteiger partial charge >= 0.3 is 0 Å². The molecule has 2 aliphatic rings. The van der Waals surface area contributed by atoms with E-state index < -0.39 is 0 Å². The molecule has 3 rings (SSSR count). The van der Waals surface area contributed by atoms with Crippen molar-refractivity contribution in [2.24, 2.45) is 0 Å². The Morgan fingerprint density at radius 2 is 1.91 bits per heavy atom. The Balaban J connectivity index is 1.52. The third-order valence-corrected chi connectivity index (χ3v) is 6.37. The Labute approximate surface area is 147 Å². The van der Waals surface area contributed by atoms with Crippen LogP contribution in [0.1, 0.15) is 17.4 Å². The number of benzene rings is 1. The average Bonchev–Trinajstić information content (AvgIpc) is 2.91. The number of hydrogen-bond acceptors (Lipinski definition) is 2. The normalized spacial score (nSPS) is 28.3. The van der Waals surface area contributed by atoms with Gasteiger partial charge in [-0.05, 0) is 17.7 Å². The molecule has 23 heavy (non-hydrogen) atoms. The van der Waals surface area contributed by atoms with Gasteiger partial charge in [-0.2, -0.15) is 0 Å². The molecule has 2 fully saturated rings. The van der Waals surface area contributed by atoms with Crippen LogP contribution in [-0.2, 0) is 4.79 Å². The second-order valence-electron chi connectivity index (χ2n) is 6.61. The number of carbonyl (C=O) groups is 1. The number of nitrogens with zero attached hydrogens (tertiary/aromatic N) is 1. The van der Waals surface area contributed by atoms with E-state index in [1.54, 1.807) is 21.6 Å². The molecule has 0 radical (unpaired) electrons. The monoisotopic (exact) mass is 355 g/mol. The average molecular weight is 356 g/mol. The molecule has 6 heteroatoms. The maximum absolute atomic E-state index is 12.2. The van der Waals surface area contributed by atoms with Gasteiger partial charge in [-0.1, -0.05) is 23.7 Å². The second kappa shape index (κ2) is 7.88. The summed E-state index contributed by atoms with van der Waals surface area (Å²) in [6.45, 7) is 7.09. The first-order valence-electron chi connectivity index (χ1n) is 8.45. The first kappa shape index (κ1) is 17.1. The number of nitrogens with one attached hydrogen (secondary N) is 2. The number of rotatable bonds is 5. The Morgan fingerprint density at radius 1 is 1.22 bits per heavy atom. The lowest BCUT2D eigenvalue weighted by molar-refractivity contribution is -1.00. The SMILES string of the molecule is C[NH+]1CC[NH+](CCCN2C(=O)CSC2c2ccc(Cl)cc2)CC1. The van der Waals surface area contributed by atoms with Crippen molar-refractivity contribution in [3.8, 4) is 0 Å². The van der Waals surface area contributed by atoms with Gasteiger partial charge in [-0.15, -0.1) is 11.8 Å². The topological polar surface area (TPSA) is 29.2 Å². The minimum Gasteiger partial charge on any atom is -0.328 e. The number of carbonyl (C=O) groups excluding carboxylic acids is 1. The summed E-state index contributed by atoms with van der Waals surface area (Å²) in [4.78, 5) is 17.6. The van der Waals surface area contributed by atoms with Gasteiger partial charge in [-0.25, -0.2) is 0 Å². The molecule has 126 valence electrons. The molecule has 4 nitrogen and oxygen atoms in total. The van der Waals surface area contributed by atoms with Gasteiger partial charge in [0, 0.05) is 18.0 Å². The Morgan fingerprint density at radius 3 is 2.61 bits per heavy atom. The predicted octanol–water partition coefficient (Wildman–Crippen LogP) is -0.283. The first-order valence-corrected chi connectivity index (χ1v) is 9.87. The predicted molar refractivity (Wildman–Crippen MR) is 95.2 cm³/mol. The Kier molecular flexibility index (Phi) is 5.85. The van der Waals surface area contributed by atoms with E-state index in [4.69, 9.17) is 11.6 Å². The zero-order valence-corrected chi connectivity index (χ0v) is 15.3. The van der Waals surface area contributed by atoms with Gasteiger partial charge in [0.1, 0.15) is 31.6 Å². The van der Waals surface area contributed by atoms with Crippen molar-refractivity contribution in [3.63, 3.8) is 0 Å². The molecule has 1 amide bonds. The lowest BCUT2D eigenvalue weighted by Gasteiger charge is -2.29. The summed E-state index contributed by atoms with van der Waals surface area (Å²) in [6.07, 6.45) is 1.09. The van der Waals surface area contributed by atoms with Crippen LogP contribution in [-0.4, -0.2) is 62.9 Å². The molecule has 0 aliphatic carbocycles. The highest BCUT2D eigenvalue weighted by Gasteiger charge is 2.32. The van der Waals surface area contributed by atoms with Crippen molar-refractivity contribution >= 4 is 29.3 Å². The standard InChI is InChI=1S/C17H24ClN3OS/c1-19-9-11-20(12-10-19)7-2-8-21-16(22)13-23-17(21)14-3-5-15(18)6-4-14/h3-6,17H,2,7-13H2,1H3/p+2. The zero-order valence-electron chi connectivity index (χ0n) is 13.7. The molecular weight excluding hydrogens is 330 g/mol. The minimum absolute atomic E-state index is 0.159. The lowest BCUT2D eigenvalue weighted by Crippen LogP contribution is -3.27. The van der Waals surface area contributed by atoms with E-state index in [9.17, 15) is 4.79 Å². The first-order chi connectivity index (χ1) is 11.1. The highest BCUT2D eigenvalue weighted by molar-refractivity contribution is 8.00. The lowest BCUT2D eigenvalue weighted by atomic mass is 10.2. The van der Waals surface area contributed by atoms with E-state index >= 15 is 0 Å². The quantitative estimate of drug-likeness (QED) is 0.760.